The highest BCUT2D eigenvalue weighted by atomic mass is 79.9. The molecule has 3 nitrogen and oxygen atoms in total. The Bertz CT molecular complexity index is 870. The number of hydrogen-bond acceptors (Lipinski definition) is 2. The van der Waals surface area contributed by atoms with E-state index in [0.29, 0.717) is 22.5 Å². The van der Waals surface area contributed by atoms with Gasteiger partial charge in [-0.25, -0.2) is 8.42 Å². The molecule has 1 N–H and O–H groups in total. The molecule has 0 radical (unpaired) electrons. The summed E-state index contributed by atoms with van der Waals surface area (Å²) in [6, 6.07) is 7.45. The van der Waals surface area contributed by atoms with Crippen molar-refractivity contribution in [1.29, 1.82) is 0 Å². The first-order valence-corrected chi connectivity index (χ1v) is 9.38. The van der Waals surface area contributed by atoms with Gasteiger partial charge >= 0.3 is 6.18 Å². The van der Waals surface area contributed by atoms with Crippen LogP contribution in [0.4, 0.5) is 18.9 Å². The van der Waals surface area contributed by atoms with Crippen LogP contribution in [0.25, 0.3) is 0 Å². The average molecular weight is 443 g/mol. The van der Waals surface area contributed by atoms with E-state index in [9.17, 15) is 21.6 Å². The molecule has 130 valence electrons. The molecule has 9 heteroatoms. The maximum atomic E-state index is 12.9. The van der Waals surface area contributed by atoms with Crippen molar-refractivity contribution in [2.24, 2.45) is 0 Å². The van der Waals surface area contributed by atoms with E-state index in [1.165, 1.54) is 12.1 Å². The Morgan fingerprint density at radius 2 is 1.83 bits per heavy atom. The van der Waals surface area contributed by atoms with E-state index in [1.54, 1.807) is 19.1 Å². The summed E-state index contributed by atoms with van der Waals surface area (Å²) in [4.78, 5) is 0.0108. The Kier molecular flexibility index (Phi) is 5.51. The topological polar surface area (TPSA) is 46.2 Å². The predicted molar refractivity (Wildman–Crippen MR) is 90.8 cm³/mol. The van der Waals surface area contributed by atoms with Crippen LogP contribution in [0.2, 0.25) is 5.02 Å². The van der Waals surface area contributed by atoms with Gasteiger partial charge in [0.2, 0.25) is 0 Å². The zero-order valence-corrected chi connectivity index (χ0v) is 15.4. The van der Waals surface area contributed by atoms with Crippen LogP contribution in [0.15, 0.2) is 45.8 Å². The van der Waals surface area contributed by atoms with Gasteiger partial charge in [0.05, 0.1) is 15.5 Å². The largest absolute Gasteiger partial charge is 0.417 e. The van der Waals surface area contributed by atoms with Crippen molar-refractivity contribution in [1.82, 2.24) is 0 Å². The number of halogens is 5. The number of sulfonamides is 1. The van der Waals surface area contributed by atoms with Crippen molar-refractivity contribution in [3.8, 4) is 0 Å². The number of hydrogen-bond donors (Lipinski definition) is 1. The summed E-state index contributed by atoms with van der Waals surface area (Å²) in [6.07, 6.45) is -4.23. The van der Waals surface area contributed by atoms with E-state index >= 15 is 0 Å². The van der Waals surface area contributed by atoms with E-state index in [2.05, 4.69) is 20.7 Å². The van der Waals surface area contributed by atoms with Gasteiger partial charge in [-0.05, 0) is 48.4 Å². The molecular weight excluding hydrogens is 431 g/mol. The standard InChI is InChI=1S/C15H12BrClF3NO2S/c1-2-9-7-10(16)3-6-14(9)24(22,23)21-11-4-5-13(17)12(8-11)15(18,19)20/h3-8,21H,2H2,1H3. The first-order chi connectivity index (χ1) is 11.0. The molecule has 24 heavy (non-hydrogen) atoms. The summed E-state index contributed by atoms with van der Waals surface area (Å²) >= 11 is 8.79. The fourth-order valence-electron chi connectivity index (χ4n) is 2.10. The molecule has 0 bridgehead atoms. The Labute approximate surface area is 151 Å². The molecule has 0 aliphatic rings. The van der Waals surface area contributed by atoms with Crippen LogP contribution in [0.5, 0.6) is 0 Å². The summed E-state index contributed by atoms with van der Waals surface area (Å²) in [5.41, 5.74) is -0.769. The fourth-order valence-corrected chi connectivity index (χ4v) is 4.08. The van der Waals surface area contributed by atoms with Crippen molar-refractivity contribution >= 4 is 43.2 Å². The molecule has 0 atom stereocenters. The normalized spacial score (nSPS) is 12.2. The molecule has 2 aromatic carbocycles. The third-order valence-corrected chi connectivity index (χ3v) is 5.52. The minimum absolute atomic E-state index is 0.0108. The van der Waals surface area contributed by atoms with E-state index in [-0.39, 0.29) is 10.6 Å². The highest BCUT2D eigenvalue weighted by molar-refractivity contribution is 9.10. The molecule has 0 heterocycles. The summed E-state index contributed by atoms with van der Waals surface area (Å²) in [5, 5.41) is -0.497. The maximum Gasteiger partial charge on any atom is 0.417 e. The number of anilines is 1. The molecule has 0 amide bonds. The lowest BCUT2D eigenvalue weighted by molar-refractivity contribution is -0.137. The quantitative estimate of drug-likeness (QED) is 0.681. The molecule has 0 aliphatic heterocycles. The SMILES string of the molecule is CCc1cc(Br)ccc1S(=O)(=O)Nc1ccc(Cl)c(C(F)(F)F)c1. The van der Waals surface area contributed by atoms with Gasteiger partial charge < -0.3 is 0 Å². The van der Waals surface area contributed by atoms with Crippen LogP contribution < -0.4 is 4.72 Å². The second kappa shape index (κ2) is 6.93. The van der Waals surface area contributed by atoms with Crippen molar-refractivity contribution in [3.05, 3.63) is 57.0 Å². The lowest BCUT2D eigenvalue weighted by Gasteiger charge is -2.14. The molecule has 2 aromatic rings. The van der Waals surface area contributed by atoms with Gasteiger partial charge in [0.1, 0.15) is 0 Å². The van der Waals surface area contributed by atoms with E-state index in [1.807, 2.05) is 0 Å². The minimum Gasteiger partial charge on any atom is -0.280 e. The second-order valence-corrected chi connectivity index (χ2v) is 7.88. The number of nitrogens with one attached hydrogen (secondary N) is 1. The molecule has 0 aliphatic carbocycles. The van der Waals surface area contributed by atoms with Crippen molar-refractivity contribution in [2.75, 3.05) is 4.72 Å². The van der Waals surface area contributed by atoms with E-state index in [0.717, 1.165) is 6.07 Å². The molecular formula is C15H12BrClF3NO2S. The first-order valence-electron chi connectivity index (χ1n) is 6.72. The molecule has 0 saturated carbocycles. The Morgan fingerprint density at radius 3 is 2.42 bits per heavy atom. The highest BCUT2D eigenvalue weighted by Gasteiger charge is 2.33. The van der Waals surface area contributed by atoms with Crippen LogP contribution in [-0.4, -0.2) is 8.42 Å². The highest BCUT2D eigenvalue weighted by Crippen LogP contribution is 2.36. The van der Waals surface area contributed by atoms with Crippen LogP contribution in [0.3, 0.4) is 0 Å². The molecule has 2 rings (SSSR count). The van der Waals surface area contributed by atoms with E-state index in [4.69, 9.17) is 11.6 Å². The summed E-state index contributed by atoms with van der Waals surface area (Å²) in [7, 11) is -4.03. The van der Waals surface area contributed by atoms with Gasteiger partial charge in [0.25, 0.3) is 10.0 Å². The fraction of sp³-hybridized carbons (Fsp3) is 0.200. The summed E-state index contributed by atoms with van der Waals surface area (Å²) in [6.45, 7) is 1.78. The Hall–Kier alpha value is -1.25. The number of rotatable bonds is 4. The van der Waals surface area contributed by atoms with E-state index < -0.39 is 26.8 Å². The summed E-state index contributed by atoms with van der Waals surface area (Å²) in [5.74, 6) is 0. The lowest BCUT2D eigenvalue weighted by atomic mass is 10.2. The molecule has 0 unspecified atom stereocenters. The van der Waals surface area contributed by atoms with Crippen LogP contribution in [-0.2, 0) is 22.6 Å². The van der Waals surface area contributed by atoms with Crippen LogP contribution in [0.1, 0.15) is 18.1 Å². The van der Waals surface area contributed by atoms with Crippen molar-refractivity contribution < 1.29 is 21.6 Å². The van der Waals surface area contributed by atoms with Gasteiger partial charge in [0.15, 0.2) is 0 Å². The Balaban J connectivity index is 2.44. The molecule has 0 aromatic heterocycles. The molecule has 0 spiro atoms. The lowest BCUT2D eigenvalue weighted by Crippen LogP contribution is -2.16. The molecule has 0 saturated heterocycles. The van der Waals surface area contributed by atoms with Crippen LogP contribution in [0, 0.1) is 0 Å². The maximum absolute atomic E-state index is 12.9. The average Bonchev–Trinajstić information content (AvgIpc) is 2.47. The number of benzene rings is 2. The van der Waals surface area contributed by atoms with Crippen molar-refractivity contribution in [2.45, 2.75) is 24.4 Å². The second-order valence-electron chi connectivity index (χ2n) is 4.90. The zero-order valence-electron chi connectivity index (χ0n) is 12.3. The third-order valence-electron chi connectivity index (χ3n) is 3.22. The monoisotopic (exact) mass is 441 g/mol. The predicted octanol–water partition coefficient (Wildman–Crippen LogP) is 5.48. The zero-order chi connectivity index (χ0) is 18.1. The van der Waals surface area contributed by atoms with Gasteiger partial charge in [-0.15, -0.1) is 0 Å². The minimum atomic E-state index is -4.68. The number of aryl methyl sites for hydroxylation is 1. The Morgan fingerprint density at radius 1 is 1.17 bits per heavy atom. The summed E-state index contributed by atoms with van der Waals surface area (Å²) < 4.78 is 66.5. The third kappa shape index (κ3) is 4.23. The first kappa shape index (κ1) is 19.1. The number of alkyl halides is 3. The van der Waals surface area contributed by atoms with Crippen molar-refractivity contribution in [3.63, 3.8) is 0 Å². The smallest absolute Gasteiger partial charge is 0.280 e. The van der Waals surface area contributed by atoms with Gasteiger partial charge in [-0.3, -0.25) is 4.72 Å². The van der Waals surface area contributed by atoms with Gasteiger partial charge in [-0.2, -0.15) is 13.2 Å². The molecule has 0 fully saturated rings. The van der Waals surface area contributed by atoms with Crippen LogP contribution >= 0.6 is 27.5 Å². The van der Waals surface area contributed by atoms with Gasteiger partial charge in [0, 0.05) is 10.2 Å². The van der Waals surface area contributed by atoms with Gasteiger partial charge in [-0.1, -0.05) is 34.5 Å².